The van der Waals surface area contributed by atoms with Crippen LogP contribution in [0.1, 0.15) is 29.2 Å². The SMILES string of the molecule is COc1ccc(/C(C)=N\NC(=S)Nc2cccc(C)c2C)cc1CC(=O)[O-]. The molecule has 0 aliphatic carbocycles. The van der Waals surface area contributed by atoms with Crippen LogP contribution in [0.3, 0.4) is 0 Å². The molecule has 0 saturated carbocycles. The Balaban J connectivity index is 2.11. The fourth-order valence-electron chi connectivity index (χ4n) is 2.53. The summed E-state index contributed by atoms with van der Waals surface area (Å²) in [4.78, 5) is 10.9. The van der Waals surface area contributed by atoms with Gasteiger partial charge < -0.3 is 20.0 Å². The molecule has 0 amide bonds. The summed E-state index contributed by atoms with van der Waals surface area (Å²) in [7, 11) is 1.49. The number of aryl methyl sites for hydroxylation is 1. The van der Waals surface area contributed by atoms with Gasteiger partial charge in [-0.05, 0) is 73.9 Å². The molecule has 0 fully saturated rings. The van der Waals surface area contributed by atoms with Gasteiger partial charge in [0.05, 0.1) is 12.8 Å². The highest BCUT2D eigenvalue weighted by molar-refractivity contribution is 7.80. The Kier molecular flexibility index (Phi) is 6.90. The largest absolute Gasteiger partial charge is 0.550 e. The fraction of sp³-hybridized carbons (Fsp3) is 0.250. The number of ether oxygens (including phenoxy) is 1. The molecule has 0 saturated heterocycles. The number of nitrogens with one attached hydrogen (secondary N) is 2. The van der Waals surface area contributed by atoms with Crippen LogP contribution in [0, 0.1) is 13.8 Å². The van der Waals surface area contributed by atoms with E-state index in [0.717, 1.165) is 16.8 Å². The molecule has 27 heavy (non-hydrogen) atoms. The van der Waals surface area contributed by atoms with Crippen molar-refractivity contribution in [2.24, 2.45) is 5.10 Å². The van der Waals surface area contributed by atoms with Gasteiger partial charge in [0, 0.05) is 23.6 Å². The Morgan fingerprint density at radius 1 is 1.26 bits per heavy atom. The number of benzene rings is 2. The maximum Gasteiger partial charge on any atom is 0.191 e. The number of hydrogen-bond donors (Lipinski definition) is 2. The number of carboxylic acid groups (broad SMARTS) is 1. The number of rotatable bonds is 6. The van der Waals surface area contributed by atoms with E-state index in [9.17, 15) is 9.90 Å². The summed E-state index contributed by atoms with van der Waals surface area (Å²) in [5, 5.41) is 18.7. The summed E-state index contributed by atoms with van der Waals surface area (Å²) in [6, 6.07) is 11.2. The summed E-state index contributed by atoms with van der Waals surface area (Å²) in [5.41, 5.74) is 7.96. The van der Waals surface area contributed by atoms with Gasteiger partial charge in [-0.3, -0.25) is 5.43 Å². The molecule has 0 radical (unpaired) electrons. The summed E-state index contributed by atoms with van der Waals surface area (Å²) >= 11 is 5.29. The van der Waals surface area contributed by atoms with Gasteiger partial charge in [-0.1, -0.05) is 12.1 Å². The van der Waals surface area contributed by atoms with Crippen LogP contribution in [0.15, 0.2) is 41.5 Å². The van der Waals surface area contributed by atoms with Gasteiger partial charge >= 0.3 is 0 Å². The van der Waals surface area contributed by atoms with Crippen molar-refractivity contribution in [3.63, 3.8) is 0 Å². The second-order valence-electron chi connectivity index (χ2n) is 6.09. The van der Waals surface area contributed by atoms with E-state index in [2.05, 4.69) is 15.8 Å². The maximum absolute atomic E-state index is 10.9. The molecule has 0 bridgehead atoms. The number of carbonyl (C=O) groups is 1. The number of anilines is 1. The van der Waals surface area contributed by atoms with Crippen LogP contribution in [-0.4, -0.2) is 23.9 Å². The molecule has 6 nitrogen and oxygen atoms in total. The first kappa shape index (κ1) is 20.4. The predicted octanol–water partition coefficient (Wildman–Crippen LogP) is 2.32. The van der Waals surface area contributed by atoms with E-state index in [1.54, 1.807) is 25.1 Å². The molecule has 0 unspecified atom stereocenters. The number of thiocarbonyl (C=S) groups is 1. The molecule has 2 aromatic carbocycles. The highest BCUT2D eigenvalue weighted by Gasteiger charge is 2.08. The number of carbonyl (C=O) groups excluding carboxylic acids is 1. The number of aliphatic carboxylic acids is 1. The average molecular weight is 384 g/mol. The number of carboxylic acids is 1. The quantitative estimate of drug-likeness (QED) is 0.452. The molecule has 0 heterocycles. The van der Waals surface area contributed by atoms with E-state index >= 15 is 0 Å². The third-order valence-corrected chi connectivity index (χ3v) is 4.40. The normalized spacial score (nSPS) is 11.0. The lowest BCUT2D eigenvalue weighted by molar-refractivity contribution is -0.304. The van der Waals surface area contributed by atoms with Gasteiger partial charge in [-0.2, -0.15) is 5.10 Å². The number of hydrazone groups is 1. The smallest absolute Gasteiger partial charge is 0.191 e. The minimum Gasteiger partial charge on any atom is -0.550 e. The minimum atomic E-state index is -1.17. The van der Waals surface area contributed by atoms with Crippen molar-refractivity contribution in [2.45, 2.75) is 27.2 Å². The first-order chi connectivity index (χ1) is 12.8. The highest BCUT2D eigenvalue weighted by atomic mass is 32.1. The lowest BCUT2D eigenvalue weighted by Crippen LogP contribution is -2.25. The van der Waals surface area contributed by atoms with Gasteiger partial charge in [-0.25, -0.2) is 0 Å². The van der Waals surface area contributed by atoms with E-state index in [0.29, 0.717) is 22.1 Å². The number of hydrogen-bond acceptors (Lipinski definition) is 5. The monoisotopic (exact) mass is 384 g/mol. The predicted molar refractivity (Wildman–Crippen MR) is 109 cm³/mol. The van der Waals surface area contributed by atoms with Crippen LogP contribution in [0.2, 0.25) is 0 Å². The van der Waals surface area contributed by atoms with Crippen LogP contribution in [0.5, 0.6) is 5.75 Å². The van der Waals surface area contributed by atoms with Crippen molar-refractivity contribution in [1.29, 1.82) is 0 Å². The van der Waals surface area contributed by atoms with Crippen molar-refractivity contribution in [3.8, 4) is 5.75 Å². The maximum atomic E-state index is 10.9. The summed E-state index contributed by atoms with van der Waals surface area (Å²) in [5.74, 6) is -0.673. The molecule has 2 rings (SSSR count). The van der Waals surface area contributed by atoms with E-state index in [4.69, 9.17) is 17.0 Å². The van der Waals surface area contributed by atoms with E-state index in [-0.39, 0.29) is 6.42 Å². The molecular formula is C20H22N3O3S-. The first-order valence-corrected chi connectivity index (χ1v) is 8.77. The molecule has 7 heteroatoms. The van der Waals surface area contributed by atoms with Crippen molar-refractivity contribution in [3.05, 3.63) is 58.7 Å². The highest BCUT2D eigenvalue weighted by Crippen LogP contribution is 2.21. The van der Waals surface area contributed by atoms with Crippen molar-refractivity contribution < 1.29 is 14.6 Å². The molecule has 2 aromatic rings. The standard InChI is InChI=1S/C20H23N3O3S/c1-12-6-5-7-17(13(12)2)21-20(27)23-22-14(3)15-8-9-18(26-4)16(10-15)11-19(24)25/h5-10H,11H2,1-4H3,(H,24,25)(H2,21,23,27)/p-1/b22-14-. The Hall–Kier alpha value is -2.93. The van der Waals surface area contributed by atoms with E-state index < -0.39 is 5.97 Å². The Morgan fingerprint density at radius 3 is 2.67 bits per heavy atom. The van der Waals surface area contributed by atoms with Gasteiger partial charge in [0.25, 0.3) is 0 Å². The zero-order chi connectivity index (χ0) is 20.0. The average Bonchev–Trinajstić information content (AvgIpc) is 2.63. The van der Waals surface area contributed by atoms with Crippen LogP contribution in [0.4, 0.5) is 5.69 Å². The minimum absolute atomic E-state index is 0.232. The molecule has 0 aliphatic rings. The van der Waals surface area contributed by atoms with Crippen LogP contribution in [-0.2, 0) is 11.2 Å². The molecule has 142 valence electrons. The van der Waals surface area contributed by atoms with Crippen molar-refractivity contribution in [1.82, 2.24) is 5.43 Å². The van der Waals surface area contributed by atoms with Gasteiger partial charge in [0.2, 0.25) is 0 Å². The third-order valence-electron chi connectivity index (χ3n) is 4.21. The van der Waals surface area contributed by atoms with Crippen LogP contribution < -0.4 is 20.6 Å². The van der Waals surface area contributed by atoms with Crippen LogP contribution in [0.25, 0.3) is 0 Å². The molecule has 2 N–H and O–H groups in total. The second kappa shape index (κ2) is 9.14. The molecule has 0 atom stereocenters. The van der Waals surface area contributed by atoms with Crippen molar-refractivity contribution >= 4 is 34.7 Å². The Bertz CT molecular complexity index is 894. The van der Waals surface area contributed by atoms with Gasteiger partial charge in [0.15, 0.2) is 5.11 Å². The summed E-state index contributed by atoms with van der Waals surface area (Å²) in [6.07, 6.45) is -0.232. The van der Waals surface area contributed by atoms with Crippen LogP contribution >= 0.6 is 12.2 Å². The third kappa shape index (κ3) is 5.52. The fourth-order valence-corrected chi connectivity index (χ4v) is 2.69. The number of methoxy groups -OCH3 is 1. The zero-order valence-corrected chi connectivity index (χ0v) is 16.6. The van der Waals surface area contributed by atoms with Crippen molar-refractivity contribution in [2.75, 3.05) is 12.4 Å². The summed E-state index contributed by atoms with van der Waals surface area (Å²) in [6.45, 7) is 5.86. The Morgan fingerprint density at radius 2 is 2.00 bits per heavy atom. The molecule has 0 aromatic heterocycles. The Labute approximate surface area is 164 Å². The second-order valence-corrected chi connectivity index (χ2v) is 6.49. The van der Waals surface area contributed by atoms with Gasteiger partial charge in [0.1, 0.15) is 5.75 Å². The lowest BCUT2D eigenvalue weighted by Gasteiger charge is -2.13. The molecule has 0 aliphatic heterocycles. The lowest BCUT2D eigenvalue weighted by atomic mass is 10.0. The zero-order valence-electron chi connectivity index (χ0n) is 15.8. The topological polar surface area (TPSA) is 85.8 Å². The molecule has 0 spiro atoms. The van der Waals surface area contributed by atoms with E-state index in [1.807, 2.05) is 32.0 Å². The van der Waals surface area contributed by atoms with Gasteiger partial charge in [-0.15, -0.1) is 0 Å². The first-order valence-electron chi connectivity index (χ1n) is 8.36. The molecular weight excluding hydrogens is 362 g/mol. The number of nitrogens with zero attached hydrogens (tertiary/aromatic N) is 1. The summed E-state index contributed by atoms with van der Waals surface area (Å²) < 4.78 is 5.19. The van der Waals surface area contributed by atoms with E-state index in [1.165, 1.54) is 12.7 Å².